The van der Waals surface area contributed by atoms with Crippen LogP contribution in [0, 0.1) is 0 Å². The van der Waals surface area contributed by atoms with Gasteiger partial charge in [0.2, 0.25) is 0 Å². The topological polar surface area (TPSA) is 71.5 Å². The van der Waals surface area contributed by atoms with E-state index in [1.807, 2.05) is 0 Å². The first-order chi connectivity index (χ1) is 8.67. The van der Waals surface area contributed by atoms with Crippen molar-refractivity contribution in [2.24, 2.45) is 0 Å². The quantitative estimate of drug-likeness (QED) is 0.804. The van der Waals surface area contributed by atoms with Gasteiger partial charge in [-0.3, -0.25) is 4.79 Å². The number of ether oxygens (including phenoxy) is 1. The summed E-state index contributed by atoms with van der Waals surface area (Å²) in [7, 11) is 0. The largest absolute Gasteiger partial charge is 0.394 e. The summed E-state index contributed by atoms with van der Waals surface area (Å²) in [6.45, 7) is 0.948. The molecule has 0 spiro atoms. The zero-order chi connectivity index (χ0) is 13.0. The van der Waals surface area contributed by atoms with E-state index in [1.165, 1.54) is 6.20 Å². The van der Waals surface area contributed by atoms with Gasteiger partial charge >= 0.3 is 0 Å². The lowest BCUT2D eigenvalue weighted by molar-refractivity contribution is 0.0125. The van der Waals surface area contributed by atoms with Gasteiger partial charge < -0.3 is 15.2 Å². The molecule has 0 aliphatic carbocycles. The highest BCUT2D eigenvalue weighted by atomic mass is 35.5. The lowest BCUT2D eigenvalue weighted by atomic mass is 9.90. The Balaban J connectivity index is 2.13. The molecule has 2 N–H and O–H groups in total. The van der Waals surface area contributed by atoms with E-state index in [0.717, 1.165) is 0 Å². The van der Waals surface area contributed by atoms with Gasteiger partial charge in [0.15, 0.2) is 0 Å². The van der Waals surface area contributed by atoms with Gasteiger partial charge in [-0.1, -0.05) is 11.6 Å². The number of aliphatic hydroxyl groups excluding tert-OH is 1. The number of hydrogen-bond donors (Lipinski definition) is 2. The molecule has 0 aromatic carbocycles. The zero-order valence-corrected chi connectivity index (χ0v) is 10.6. The number of aliphatic hydroxyl groups is 1. The molecule has 98 valence electrons. The van der Waals surface area contributed by atoms with Crippen molar-refractivity contribution in [3.05, 3.63) is 29.0 Å². The maximum absolute atomic E-state index is 12.1. The number of nitrogens with zero attached hydrogens (tertiary/aromatic N) is 1. The fourth-order valence-corrected chi connectivity index (χ4v) is 2.15. The second kappa shape index (κ2) is 5.65. The van der Waals surface area contributed by atoms with Gasteiger partial charge in [-0.15, -0.1) is 0 Å². The van der Waals surface area contributed by atoms with Gasteiger partial charge in [-0.25, -0.2) is 4.98 Å². The predicted molar refractivity (Wildman–Crippen MR) is 66.6 cm³/mol. The Morgan fingerprint density at radius 2 is 2.28 bits per heavy atom. The smallest absolute Gasteiger partial charge is 0.254 e. The van der Waals surface area contributed by atoms with Crippen LogP contribution in [0.25, 0.3) is 0 Å². The molecule has 0 bridgehead atoms. The molecule has 5 nitrogen and oxygen atoms in total. The van der Waals surface area contributed by atoms with Crippen LogP contribution in [0.3, 0.4) is 0 Å². The normalized spacial score (nSPS) is 18.3. The number of hydrogen-bond acceptors (Lipinski definition) is 4. The highest BCUT2D eigenvalue weighted by Crippen LogP contribution is 2.21. The minimum Gasteiger partial charge on any atom is -0.394 e. The van der Waals surface area contributed by atoms with Crippen LogP contribution in [0.2, 0.25) is 5.15 Å². The van der Waals surface area contributed by atoms with E-state index in [0.29, 0.717) is 31.6 Å². The molecule has 2 heterocycles. The van der Waals surface area contributed by atoms with Gasteiger partial charge in [0.1, 0.15) is 5.15 Å². The summed E-state index contributed by atoms with van der Waals surface area (Å²) in [5, 5.41) is 12.5. The van der Waals surface area contributed by atoms with Crippen LogP contribution in [0.5, 0.6) is 0 Å². The Hall–Kier alpha value is -1.17. The average Bonchev–Trinajstić information content (AvgIpc) is 2.40. The van der Waals surface area contributed by atoms with E-state index in [1.54, 1.807) is 12.1 Å². The number of halogens is 1. The number of carbonyl (C=O) groups is 1. The molecule has 1 saturated heterocycles. The summed E-state index contributed by atoms with van der Waals surface area (Å²) in [4.78, 5) is 16.0. The zero-order valence-electron chi connectivity index (χ0n) is 9.86. The molecule has 0 saturated carbocycles. The lowest BCUT2D eigenvalue weighted by Gasteiger charge is -2.36. The molecule has 6 heteroatoms. The molecule has 1 fully saturated rings. The number of amides is 1. The SMILES string of the molecule is O=C(NC1(CO)CCOCC1)c1cccnc1Cl. The maximum Gasteiger partial charge on any atom is 0.254 e. The lowest BCUT2D eigenvalue weighted by Crippen LogP contribution is -2.54. The van der Waals surface area contributed by atoms with E-state index in [9.17, 15) is 9.90 Å². The molecule has 1 aliphatic heterocycles. The third-order valence-corrected chi connectivity index (χ3v) is 3.44. The molecule has 18 heavy (non-hydrogen) atoms. The fraction of sp³-hybridized carbons (Fsp3) is 0.500. The van der Waals surface area contributed by atoms with E-state index in [4.69, 9.17) is 16.3 Å². The van der Waals surface area contributed by atoms with Crippen LogP contribution < -0.4 is 5.32 Å². The van der Waals surface area contributed by atoms with E-state index < -0.39 is 5.54 Å². The molecule has 1 aliphatic rings. The number of aromatic nitrogens is 1. The first kappa shape index (κ1) is 13.3. The summed E-state index contributed by atoms with van der Waals surface area (Å²) >= 11 is 5.87. The second-order valence-electron chi connectivity index (χ2n) is 4.35. The Bertz CT molecular complexity index is 433. The first-order valence-electron chi connectivity index (χ1n) is 5.78. The maximum atomic E-state index is 12.1. The Morgan fingerprint density at radius 1 is 1.56 bits per heavy atom. The summed E-state index contributed by atoms with van der Waals surface area (Å²) in [5.41, 5.74) is -0.299. The van der Waals surface area contributed by atoms with Gasteiger partial charge in [0.05, 0.1) is 17.7 Å². The number of nitrogens with one attached hydrogen (secondary N) is 1. The molecule has 0 atom stereocenters. The van der Waals surface area contributed by atoms with Crippen LogP contribution >= 0.6 is 11.6 Å². The monoisotopic (exact) mass is 270 g/mol. The predicted octanol–water partition coefficient (Wildman–Crippen LogP) is 1.01. The van der Waals surface area contributed by atoms with Gasteiger partial charge in [0, 0.05) is 19.4 Å². The third-order valence-electron chi connectivity index (χ3n) is 3.13. The average molecular weight is 271 g/mol. The van der Waals surface area contributed by atoms with Crippen molar-refractivity contribution in [1.29, 1.82) is 0 Å². The summed E-state index contributed by atoms with van der Waals surface area (Å²) in [6.07, 6.45) is 2.70. The van der Waals surface area contributed by atoms with Gasteiger partial charge in [-0.2, -0.15) is 0 Å². The van der Waals surface area contributed by atoms with Crippen LogP contribution in [-0.4, -0.2) is 41.4 Å². The second-order valence-corrected chi connectivity index (χ2v) is 4.70. The molecule has 1 aromatic heterocycles. The minimum atomic E-state index is -0.617. The van der Waals surface area contributed by atoms with Crippen molar-refractivity contribution < 1.29 is 14.6 Å². The molecule has 0 unspecified atom stereocenters. The van der Waals surface area contributed by atoms with Crippen molar-refractivity contribution in [3.63, 3.8) is 0 Å². The highest BCUT2D eigenvalue weighted by Gasteiger charge is 2.34. The van der Waals surface area contributed by atoms with E-state index in [2.05, 4.69) is 10.3 Å². The molecular weight excluding hydrogens is 256 g/mol. The van der Waals surface area contributed by atoms with Crippen LogP contribution in [0.15, 0.2) is 18.3 Å². The Kier molecular flexibility index (Phi) is 4.16. The van der Waals surface area contributed by atoms with E-state index >= 15 is 0 Å². The number of rotatable bonds is 3. The minimum absolute atomic E-state index is 0.111. The van der Waals surface area contributed by atoms with Crippen molar-refractivity contribution >= 4 is 17.5 Å². The Labute approximate surface area is 110 Å². The summed E-state index contributed by atoms with van der Waals surface area (Å²) in [6, 6.07) is 3.26. The van der Waals surface area contributed by atoms with Crippen LogP contribution in [0.1, 0.15) is 23.2 Å². The number of carbonyl (C=O) groups excluding carboxylic acids is 1. The summed E-state index contributed by atoms with van der Waals surface area (Å²) < 4.78 is 5.24. The number of pyridine rings is 1. The standard InChI is InChI=1S/C12H15ClN2O3/c13-10-9(2-1-5-14-10)11(17)15-12(8-16)3-6-18-7-4-12/h1-2,5,16H,3-4,6-8H2,(H,15,17). The van der Waals surface area contributed by atoms with Gasteiger partial charge in [-0.05, 0) is 25.0 Å². The van der Waals surface area contributed by atoms with Crippen molar-refractivity contribution in [2.75, 3.05) is 19.8 Å². The molecule has 1 amide bonds. The van der Waals surface area contributed by atoms with Crippen molar-refractivity contribution in [1.82, 2.24) is 10.3 Å². The third kappa shape index (κ3) is 2.80. The molecule has 1 aromatic rings. The molecule has 0 radical (unpaired) electrons. The van der Waals surface area contributed by atoms with E-state index in [-0.39, 0.29) is 17.7 Å². The first-order valence-corrected chi connectivity index (χ1v) is 6.16. The summed E-state index contributed by atoms with van der Waals surface area (Å²) in [5.74, 6) is -0.316. The van der Waals surface area contributed by atoms with Crippen LogP contribution in [0.4, 0.5) is 0 Å². The van der Waals surface area contributed by atoms with Gasteiger partial charge in [0.25, 0.3) is 5.91 Å². The fourth-order valence-electron chi connectivity index (χ4n) is 1.95. The molecular formula is C12H15ClN2O3. The van der Waals surface area contributed by atoms with Crippen molar-refractivity contribution in [3.8, 4) is 0 Å². The Morgan fingerprint density at radius 3 is 2.89 bits per heavy atom. The van der Waals surface area contributed by atoms with Crippen molar-refractivity contribution in [2.45, 2.75) is 18.4 Å². The van der Waals surface area contributed by atoms with Crippen LogP contribution in [-0.2, 0) is 4.74 Å². The highest BCUT2D eigenvalue weighted by molar-refractivity contribution is 6.32. The molecule has 2 rings (SSSR count).